The summed E-state index contributed by atoms with van der Waals surface area (Å²) in [5, 5.41) is 15.2. The Balaban J connectivity index is 1.86. The number of amides is 2. The average Bonchev–Trinajstić information content (AvgIpc) is 2.92. The van der Waals surface area contributed by atoms with Crippen LogP contribution in [0.1, 0.15) is 18.6 Å². The molecule has 1 saturated heterocycles. The molecule has 2 unspecified atom stereocenters. The van der Waals surface area contributed by atoms with E-state index in [-0.39, 0.29) is 25.0 Å². The zero-order valence-electron chi connectivity index (χ0n) is 10.8. The number of rotatable bonds is 3. The molecule has 2 amide bonds. The minimum atomic E-state index is -0.865. The molecule has 1 aromatic heterocycles. The van der Waals surface area contributed by atoms with Crippen molar-refractivity contribution in [1.29, 1.82) is 0 Å². The first-order chi connectivity index (χ1) is 8.97. The van der Waals surface area contributed by atoms with Crippen LogP contribution >= 0.6 is 0 Å². The average molecular weight is 268 g/mol. The van der Waals surface area contributed by atoms with Crippen LogP contribution in [0.25, 0.3) is 0 Å². The maximum atomic E-state index is 11.9. The van der Waals surface area contributed by atoms with Crippen LogP contribution in [0, 0.1) is 18.8 Å². The molecule has 2 N–H and O–H groups in total. The molecule has 1 aliphatic heterocycles. The van der Waals surface area contributed by atoms with Crippen molar-refractivity contribution in [1.82, 2.24) is 20.4 Å². The van der Waals surface area contributed by atoms with E-state index in [4.69, 9.17) is 9.63 Å². The monoisotopic (exact) mass is 268 g/mol. The van der Waals surface area contributed by atoms with Gasteiger partial charge in [0.15, 0.2) is 5.82 Å². The number of carbonyl (C=O) groups excluding carboxylic acids is 1. The Hall–Kier alpha value is -2.12. The topological polar surface area (TPSA) is 109 Å². The number of carbonyl (C=O) groups is 2. The van der Waals surface area contributed by atoms with Crippen LogP contribution in [0.15, 0.2) is 4.52 Å². The van der Waals surface area contributed by atoms with Crippen molar-refractivity contribution in [3.8, 4) is 0 Å². The van der Waals surface area contributed by atoms with Gasteiger partial charge in [-0.15, -0.1) is 0 Å². The van der Waals surface area contributed by atoms with E-state index in [1.807, 2.05) is 6.92 Å². The number of aliphatic carboxylic acids is 1. The fourth-order valence-electron chi connectivity index (χ4n) is 2.13. The molecule has 0 saturated carbocycles. The molecule has 8 heteroatoms. The van der Waals surface area contributed by atoms with E-state index in [0.717, 1.165) is 0 Å². The highest BCUT2D eigenvalue weighted by Gasteiger charge is 2.36. The van der Waals surface area contributed by atoms with Gasteiger partial charge in [0.25, 0.3) is 0 Å². The standard InChI is InChI=1S/C11H16N4O4/c1-6-4-15(5-8(6)10(16)17)11(18)12-3-9-13-7(2)14-19-9/h6,8H,3-5H2,1-2H3,(H,12,18)(H,16,17). The van der Waals surface area contributed by atoms with E-state index in [1.54, 1.807) is 6.92 Å². The molecule has 0 bridgehead atoms. The van der Waals surface area contributed by atoms with Gasteiger partial charge in [-0.25, -0.2) is 4.79 Å². The number of carboxylic acids is 1. The summed E-state index contributed by atoms with van der Waals surface area (Å²) in [5.74, 6) is -0.585. The van der Waals surface area contributed by atoms with Gasteiger partial charge in [-0.3, -0.25) is 4.79 Å². The summed E-state index contributed by atoms with van der Waals surface area (Å²) in [7, 11) is 0. The fraction of sp³-hybridized carbons (Fsp3) is 0.636. The summed E-state index contributed by atoms with van der Waals surface area (Å²) in [6.07, 6.45) is 0. The third-order valence-corrected chi connectivity index (χ3v) is 3.18. The molecule has 2 rings (SSSR count). The number of aromatic nitrogens is 2. The number of hydrogen-bond acceptors (Lipinski definition) is 5. The third kappa shape index (κ3) is 3.01. The Labute approximate surface area is 109 Å². The summed E-state index contributed by atoms with van der Waals surface area (Å²) in [6, 6.07) is -0.313. The third-order valence-electron chi connectivity index (χ3n) is 3.18. The summed E-state index contributed by atoms with van der Waals surface area (Å²) in [6.45, 7) is 4.32. The van der Waals surface area contributed by atoms with Crippen LogP contribution in [-0.4, -0.2) is 45.2 Å². The van der Waals surface area contributed by atoms with Crippen LogP contribution in [-0.2, 0) is 11.3 Å². The number of aryl methyl sites for hydroxylation is 1. The van der Waals surface area contributed by atoms with Crippen molar-refractivity contribution in [2.24, 2.45) is 11.8 Å². The van der Waals surface area contributed by atoms with Crippen molar-refractivity contribution in [3.63, 3.8) is 0 Å². The van der Waals surface area contributed by atoms with Crippen LogP contribution in [0.3, 0.4) is 0 Å². The van der Waals surface area contributed by atoms with E-state index in [2.05, 4.69) is 15.5 Å². The molecule has 104 valence electrons. The number of urea groups is 1. The van der Waals surface area contributed by atoms with E-state index in [1.165, 1.54) is 4.90 Å². The summed E-state index contributed by atoms with van der Waals surface area (Å²) < 4.78 is 4.87. The summed E-state index contributed by atoms with van der Waals surface area (Å²) in [5.41, 5.74) is 0. The maximum Gasteiger partial charge on any atom is 0.317 e. The van der Waals surface area contributed by atoms with Crippen molar-refractivity contribution < 1.29 is 19.2 Å². The number of nitrogens with zero attached hydrogens (tertiary/aromatic N) is 3. The minimum Gasteiger partial charge on any atom is -0.481 e. The number of likely N-dealkylation sites (tertiary alicyclic amines) is 1. The molecule has 0 aromatic carbocycles. The number of nitrogens with one attached hydrogen (secondary N) is 1. The first-order valence-corrected chi connectivity index (χ1v) is 6.02. The Kier molecular flexibility index (Phi) is 3.68. The second-order valence-corrected chi connectivity index (χ2v) is 4.72. The van der Waals surface area contributed by atoms with Gasteiger partial charge in [0, 0.05) is 13.1 Å². The predicted octanol–water partition coefficient (Wildman–Crippen LogP) is 0.240. The van der Waals surface area contributed by atoms with Gasteiger partial charge in [0.2, 0.25) is 5.89 Å². The Bertz CT molecular complexity index is 487. The molecule has 0 spiro atoms. The van der Waals surface area contributed by atoms with Gasteiger partial charge in [-0.05, 0) is 12.8 Å². The molecule has 1 aromatic rings. The van der Waals surface area contributed by atoms with Crippen molar-refractivity contribution in [2.45, 2.75) is 20.4 Å². The molecule has 8 nitrogen and oxygen atoms in total. The Morgan fingerprint density at radius 2 is 2.26 bits per heavy atom. The maximum absolute atomic E-state index is 11.9. The lowest BCUT2D eigenvalue weighted by Gasteiger charge is -2.15. The second-order valence-electron chi connectivity index (χ2n) is 4.72. The molecule has 0 radical (unpaired) electrons. The predicted molar refractivity (Wildman–Crippen MR) is 63.1 cm³/mol. The van der Waals surface area contributed by atoms with Crippen LogP contribution in [0.5, 0.6) is 0 Å². The summed E-state index contributed by atoms with van der Waals surface area (Å²) in [4.78, 5) is 28.3. The normalized spacial score (nSPS) is 22.5. The molecule has 2 atom stereocenters. The van der Waals surface area contributed by atoms with Crippen LogP contribution in [0.2, 0.25) is 0 Å². The van der Waals surface area contributed by atoms with E-state index >= 15 is 0 Å². The zero-order valence-corrected chi connectivity index (χ0v) is 10.8. The van der Waals surface area contributed by atoms with Crippen molar-refractivity contribution >= 4 is 12.0 Å². The molecular weight excluding hydrogens is 252 g/mol. The Morgan fingerprint density at radius 1 is 1.53 bits per heavy atom. The van der Waals surface area contributed by atoms with Gasteiger partial charge in [-0.2, -0.15) is 4.98 Å². The lowest BCUT2D eigenvalue weighted by atomic mass is 9.99. The Morgan fingerprint density at radius 3 is 2.79 bits per heavy atom. The number of carboxylic acid groups (broad SMARTS) is 1. The molecular formula is C11H16N4O4. The first kappa shape index (κ1) is 13.3. The van der Waals surface area contributed by atoms with Crippen LogP contribution in [0.4, 0.5) is 4.79 Å². The van der Waals surface area contributed by atoms with Crippen molar-refractivity contribution in [2.75, 3.05) is 13.1 Å². The highest BCUT2D eigenvalue weighted by molar-refractivity contribution is 5.77. The van der Waals surface area contributed by atoms with E-state index < -0.39 is 11.9 Å². The molecule has 2 heterocycles. The SMILES string of the molecule is Cc1noc(CNC(=O)N2CC(C)C(C(=O)O)C2)n1. The molecule has 0 aliphatic carbocycles. The van der Waals surface area contributed by atoms with Gasteiger partial charge >= 0.3 is 12.0 Å². The van der Waals surface area contributed by atoms with Crippen molar-refractivity contribution in [3.05, 3.63) is 11.7 Å². The number of hydrogen-bond donors (Lipinski definition) is 2. The van der Waals surface area contributed by atoms with Crippen LogP contribution < -0.4 is 5.32 Å². The molecule has 19 heavy (non-hydrogen) atoms. The van der Waals surface area contributed by atoms with E-state index in [0.29, 0.717) is 18.3 Å². The quantitative estimate of drug-likeness (QED) is 0.812. The lowest BCUT2D eigenvalue weighted by molar-refractivity contribution is -0.142. The van der Waals surface area contributed by atoms with Gasteiger partial charge in [-0.1, -0.05) is 12.1 Å². The van der Waals surface area contributed by atoms with E-state index in [9.17, 15) is 9.59 Å². The van der Waals surface area contributed by atoms with Gasteiger partial charge in [0.05, 0.1) is 12.5 Å². The fourth-order valence-corrected chi connectivity index (χ4v) is 2.13. The minimum absolute atomic E-state index is 0.0473. The molecule has 1 fully saturated rings. The van der Waals surface area contributed by atoms with Gasteiger partial charge < -0.3 is 19.8 Å². The second kappa shape index (κ2) is 5.25. The smallest absolute Gasteiger partial charge is 0.317 e. The first-order valence-electron chi connectivity index (χ1n) is 6.02. The zero-order chi connectivity index (χ0) is 14.0. The van der Waals surface area contributed by atoms with Gasteiger partial charge in [0.1, 0.15) is 0 Å². The highest BCUT2D eigenvalue weighted by atomic mass is 16.5. The lowest BCUT2D eigenvalue weighted by Crippen LogP contribution is -2.38. The highest BCUT2D eigenvalue weighted by Crippen LogP contribution is 2.22. The largest absolute Gasteiger partial charge is 0.481 e. The molecule has 1 aliphatic rings. The summed E-state index contributed by atoms with van der Waals surface area (Å²) >= 11 is 0.